The van der Waals surface area contributed by atoms with E-state index in [9.17, 15) is 0 Å². The molecule has 0 aromatic rings. The summed E-state index contributed by atoms with van der Waals surface area (Å²) in [5, 5.41) is 0. The van der Waals surface area contributed by atoms with Gasteiger partial charge >= 0.3 is 0 Å². The molecule has 4 unspecified atom stereocenters. The first-order chi connectivity index (χ1) is 4.13. The SMILES string of the molecule is CC1CC(C)C(C)C1C.[Fe]. The van der Waals surface area contributed by atoms with Gasteiger partial charge in [-0.05, 0) is 30.1 Å². The largest absolute Gasteiger partial charge is 0.0622 e. The molecule has 4 atom stereocenters. The molecule has 0 aromatic heterocycles. The molecule has 1 rings (SSSR count). The van der Waals surface area contributed by atoms with Gasteiger partial charge in [-0.1, -0.05) is 27.7 Å². The molecule has 1 aliphatic carbocycles. The van der Waals surface area contributed by atoms with Gasteiger partial charge in [0.25, 0.3) is 0 Å². The Morgan fingerprint density at radius 3 is 1.20 bits per heavy atom. The average Bonchev–Trinajstić information content (AvgIpc) is 1.98. The van der Waals surface area contributed by atoms with Crippen molar-refractivity contribution in [1.29, 1.82) is 0 Å². The van der Waals surface area contributed by atoms with Crippen molar-refractivity contribution >= 4 is 0 Å². The van der Waals surface area contributed by atoms with E-state index in [1.54, 1.807) is 0 Å². The first-order valence-corrected chi connectivity index (χ1v) is 4.13. The quantitative estimate of drug-likeness (QED) is 0.505. The minimum absolute atomic E-state index is 0. The number of rotatable bonds is 0. The Morgan fingerprint density at radius 1 is 0.800 bits per heavy atom. The molecule has 0 spiro atoms. The normalized spacial score (nSPS) is 46.8. The van der Waals surface area contributed by atoms with Gasteiger partial charge in [0, 0.05) is 17.1 Å². The molecule has 1 fully saturated rings. The van der Waals surface area contributed by atoms with Crippen molar-refractivity contribution in [2.75, 3.05) is 0 Å². The van der Waals surface area contributed by atoms with E-state index in [1.807, 2.05) is 0 Å². The molecule has 0 N–H and O–H groups in total. The molecule has 1 aliphatic rings. The van der Waals surface area contributed by atoms with Gasteiger partial charge in [-0.25, -0.2) is 0 Å². The topological polar surface area (TPSA) is 0 Å². The Morgan fingerprint density at radius 2 is 1.10 bits per heavy atom. The Bertz CT molecular complexity index is 88.9. The zero-order chi connectivity index (χ0) is 7.02. The van der Waals surface area contributed by atoms with E-state index in [0.717, 1.165) is 23.7 Å². The Kier molecular flexibility index (Phi) is 3.98. The van der Waals surface area contributed by atoms with Crippen LogP contribution in [0.5, 0.6) is 0 Å². The van der Waals surface area contributed by atoms with Gasteiger partial charge in [0.05, 0.1) is 0 Å². The zero-order valence-corrected chi connectivity index (χ0v) is 8.47. The maximum Gasteiger partial charge on any atom is 0 e. The van der Waals surface area contributed by atoms with E-state index in [-0.39, 0.29) is 17.1 Å². The summed E-state index contributed by atoms with van der Waals surface area (Å²) in [6.45, 7) is 9.53. The van der Waals surface area contributed by atoms with Crippen LogP contribution in [0.25, 0.3) is 0 Å². The summed E-state index contributed by atoms with van der Waals surface area (Å²) in [6.07, 6.45) is 1.45. The van der Waals surface area contributed by atoms with Crippen molar-refractivity contribution in [3.05, 3.63) is 0 Å². The number of hydrogen-bond acceptors (Lipinski definition) is 0. The van der Waals surface area contributed by atoms with Crippen LogP contribution < -0.4 is 0 Å². The zero-order valence-electron chi connectivity index (χ0n) is 7.37. The van der Waals surface area contributed by atoms with Crippen molar-refractivity contribution in [2.24, 2.45) is 23.7 Å². The molecule has 0 bridgehead atoms. The van der Waals surface area contributed by atoms with Crippen LogP contribution in [-0.2, 0) is 17.1 Å². The molecular formula is C9H18Fe. The molecule has 0 aromatic carbocycles. The predicted octanol–water partition coefficient (Wildman–Crippen LogP) is 2.93. The van der Waals surface area contributed by atoms with E-state index in [4.69, 9.17) is 0 Å². The van der Waals surface area contributed by atoms with Gasteiger partial charge in [-0.2, -0.15) is 0 Å². The fourth-order valence-corrected chi connectivity index (χ4v) is 2.05. The minimum Gasteiger partial charge on any atom is -0.0622 e. The molecule has 1 saturated carbocycles. The summed E-state index contributed by atoms with van der Waals surface area (Å²) < 4.78 is 0. The summed E-state index contributed by atoms with van der Waals surface area (Å²) in [4.78, 5) is 0. The molecular weight excluding hydrogens is 164 g/mol. The average molecular weight is 182 g/mol. The molecule has 0 nitrogen and oxygen atoms in total. The van der Waals surface area contributed by atoms with Gasteiger partial charge in [0.2, 0.25) is 0 Å². The molecule has 1 heteroatoms. The third-order valence-electron chi connectivity index (χ3n) is 3.37. The van der Waals surface area contributed by atoms with Gasteiger partial charge in [0.15, 0.2) is 0 Å². The van der Waals surface area contributed by atoms with Crippen LogP contribution in [0.2, 0.25) is 0 Å². The van der Waals surface area contributed by atoms with E-state index in [0.29, 0.717) is 0 Å². The van der Waals surface area contributed by atoms with E-state index in [2.05, 4.69) is 27.7 Å². The minimum atomic E-state index is 0. The third-order valence-corrected chi connectivity index (χ3v) is 3.37. The van der Waals surface area contributed by atoms with Crippen molar-refractivity contribution in [2.45, 2.75) is 34.1 Å². The molecule has 0 saturated heterocycles. The standard InChI is InChI=1S/C9H18.Fe/c1-6-5-7(2)9(4)8(6)3;/h6-9H,5H2,1-4H3;. The van der Waals surface area contributed by atoms with Gasteiger partial charge < -0.3 is 0 Å². The van der Waals surface area contributed by atoms with Crippen LogP contribution in [0.3, 0.4) is 0 Å². The van der Waals surface area contributed by atoms with E-state index < -0.39 is 0 Å². The molecule has 0 heterocycles. The van der Waals surface area contributed by atoms with Gasteiger partial charge in [-0.15, -0.1) is 0 Å². The Hall–Kier alpha value is 0.519. The van der Waals surface area contributed by atoms with Crippen molar-refractivity contribution in [3.63, 3.8) is 0 Å². The van der Waals surface area contributed by atoms with Crippen molar-refractivity contribution in [3.8, 4) is 0 Å². The summed E-state index contributed by atoms with van der Waals surface area (Å²) in [7, 11) is 0. The van der Waals surface area contributed by atoms with Crippen molar-refractivity contribution in [1.82, 2.24) is 0 Å². The maximum absolute atomic E-state index is 2.39. The molecule has 0 amide bonds. The predicted molar refractivity (Wildman–Crippen MR) is 41.3 cm³/mol. The Labute approximate surface area is 75.2 Å². The van der Waals surface area contributed by atoms with Crippen LogP contribution in [0, 0.1) is 23.7 Å². The van der Waals surface area contributed by atoms with Gasteiger partial charge in [-0.3, -0.25) is 0 Å². The second kappa shape index (κ2) is 3.78. The van der Waals surface area contributed by atoms with Crippen LogP contribution in [0.15, 0.2) is 0 Å². The molecule has 62 valence electrons. The third kappa shape index (κ3) is 1.77. The monoisotopic (exact) mass is 182 g/mol. The van der Waals surface area contributed by atoms with Crippen LogP contribution in [0.4, 0.5) is 0 Å². The van der Waals surface area contributed by atoms with Gasteiger partial charge in [0.1, 0.15) is 0 Å². The summed E-state index contributed by atoms with van der Waals surface area (Å²) in [6, 6.07) is 0. The fraction of sp³-hybridized carbons (Fsp3) is 1.00. The Balaban J connectivity index is 0.000000810. The first-order valence-electron chi connectivity index (χ1n) is 4.13. The summed E-state index contributed by atoms with van der Waals surface area (Å²) >= 11 is 0. The van der Waals surface area contributed by atoms with Crippen LogP contribution in [0.1, 0.15) is 34.1 Å². The van der Waals surface area contributed by atoms with Crippen LogP contribution >= 0.6 is 0 Å². The number of hydrogen-bond donors (Lipinski definition) is 0. The molecule has 0 radical (unpaired) electrons. The second-order valence-electron chi connectivity index (χ2n) is 3.91. The van der Waals surface area contributed by atoms with Crippen molar-refractivity contribution < 1.29 is 17.1 Å². The summed E-state index contributed by atoms with van der Waals surface area (Å²) in [5.41, 5.74) is 0. The molecule has 10 heavy (non-hydrogen) atoms. The first kappa shape index (κ1) is 10.5. The van der Waals surface area contributed by atoms with E-state index in [1.165, 1.54) is 6.42 Å². The fourth-order valence-electron chi connectivity index (χ4n) is 2.05. The second-order valence-corrected chi connectivity index (χ2v) is 3.91. The maximum atomic E-state index is 2.39. The van der Waals surface area contributed by atoms with E-state index >= 15 is 0 Å². The smallest absolute Gasteiger partial charge is 0 e. The summed E-state index contributed by atoms with van der Waals surface area (Å²) in [5.74, 6) is 3.85. The molecule has 0 aliphatic heterocycles. The van der Waals surface area contributed by atoms with Crippen LogP contribution in [-0.4, -0.2) is 0 Å².